The molecule has 0 heterocycles. The summed E-state index contributed by atoms with van der Waals surface area (Å²) in [5, 5.41) is 20.2. The fourth-order valence-corrected chi connectivity index (χ4v) is 6.61. The van der Waals surface area contributed by atoms with Crippen molar-refractivity contribution in [2.24, 2.45) is 10.2 Å². The Bertz CT molecular complexity index is 1990. The molecule has 0 saturated heterocycles. The Morgan fingerprint density at radius 3 is 2.00 bits per heavy atom. The summed E-state index contributed by atoms with van der Waals surface area (Å²) in [6.45, 7) is -0.946. The zero-order valence-electron chi connectivity index (χ0n) is 20.8. The van der Waals surface area contributed by atoms with Crippen molar-refractivity contribution >= 4 is 68.3 Å². The highest BCUT2D eigenvalue weighted by Gasteiger charge is 2.27. The van der Waals surface area contributed by atoms with Crippen molar-refractivity contribution in [3.05, 3.63) is 36.4 Å². The Morgan fingerprint density at radius 2 is 1.46 bits per heavy atom. The normalized spacial score (nSPS) is 13.1. The van der Waals surface area contributed by atoms with Crippen LogP contribution in [0.3, 0.4) is 0 Å². The highest BCUT2D eigenvalue weighted by molar-refractivity contribution is 7.91. The van der Waals surface area contributed by atoms with Crippen molar-refractivity contribution in [1.29, 1.82) is 0 Å². The molecule has 0 aliphatic heterocycles. The number of aromatic hydroxyl groups is 1. The number of azo groups is 1. The van der Waals surface area contributed by atoms with Crippen molar-refractivity contribution < 1.29 is 61.4 Å². The molecule has 3 aromatic rings. The first kappa shape index (κ1) is 32.1. The lowest BCUT2D eigenvalue weighted by molar-refractivity contribution is 0.283. The number of hydrogen-bond donors (Lipinski definition) is 5. The summed E-state index contributed by atoms with van der Waals surface area (Å²) in [4.78, 5) is -2.42. The number of anilines is 1. The van der Waals surface area contributed by atoms with Crippen LogP contribution in [0.1, 0.15) is 0 Å². The minimum absolute atomic E-state index is 0.0631. The number of phenols is 1. The van der Waals surface area contributed by atoms with E-state index in [-0.39, 0.29) is 22.5 Å². The Kier molecular flexibility index (Phi) is 8.95. The van der Waals surface area contributed by atoms with E-state index in [9.17, 15) is 47.9 Å². The topological polar surface area (TPSA) is 273 Å². The Balaban J connectivity index is 2.23. The number of sulfone groups is 1. The number of benzene rings is 3. The van der Waals surface area contributed by atoms with Crippen LogP contribution in [0.2, 0.25) is 0 Å². The number of fused-ring (bicyclic) bond motifs is 1. The van der Waals surface area contributed by atoms with Crippen LogP contribution in [0.4, 0.5) is 17.1 Å². The summed E-state index contributed by atoms with van der Waals surface area (Å²) in [7, 11) is -16.9. The fraction of sp³-hybridized carbons (Fsp3) is 0.200. The van der Waals surface area contributed by atoms with Crippen LogP contribution in [0.15, 0.2) is 61.3 Å². The molecule has 0 amide bonds. The minimum Gasteiger partial charge on any atom is -0.505 e. The molecule has 17 nitrogen and oxygen atoms in total. The zero-order chi connectivity index (χ0) is 31.0. The number of nitrogens with zero attached hydrogens (tertiary/aromatic N) is 2. The predicted octanol–water partition coefficient (Wildman–Crippen LogP) is 2.10. The fourth-order valence-electron chi connectivity index (χ4n) is 3.60. The van der Waals surface area contributed by atoms with Gasteiger partial charge in [0.2, 0.25) is 0 Å². The molecule has 0 aromatic heterocycles. The molecule has 5 N–H and O–H groups in total. The number of phenolic OH excluding ortho intramolecular Hbond substituents is 1. The van der Waals surface area contributed by atoms with Crippen LogP contribution in [0.5, 0.6) is 11.5 Å². The van der Waals surface area contributed by atoms with Gasteiger partial charge < -0.3 is 15.2 Å². The summed E-state index contributed by atoms with van der Waals surface area (Å²) < 4.78 is 132. The number of methoxy groups -OCH3 is 1. The molecule has 3 rings (SSSR count). The zero-order valence-corrected chi connectivity index (χ0v) is 24.0. The predicted molar refractivity (Wildman–Crippen MR) is 142 cm³/mol. The molecule has 0 aliphatic rings. The molecule has 224 valence electrons. The third kappa shape index (κ3) is 7.26. The smallest absolute Gasteiger partial charge is 0.397 e. The molecular weight excluding hydrogens is 634 g/mol. The lowest BCUT2D eigenvalue weighted by Gasteiger charge is -2.14. The monoisotopic (exact) mass is 655 g/mol. The van der Waals surface area contributed by atoms with Gasteiger partial charge in [-0.2, -0.15) is 30.4 Å². The SMILES string of the molecule is CNc1ccc(S(=O)(=O)O)c2cc(S(=O)(=O)O)c(N=Nc3ccc(OC)c(S(=O)(=O)CCOS(=O)(=O)O)c3)c(O)c12. The maximum atomic E-state index is 12.8. The highest BCUT2D eigenvalue weighted by atomic mass is 32.3. The molecule has 0 unspecified atom stereocenters. The molecule has 0 radical (unpaired) electrons. The van der Waals surface area contributed by atoms with E-state index < -0.39 is 84.3 Å². The molecule has 41 heavy (non-hydrogen) atoms. The van der Waals surface area contributed by atoms with E-state index in [0.29, 0.717) is 6.07 Å². The van der Waals surface area contributed by atoms with Gasteiger partial charge in [0.05, 0.1) is 30.5 Å². The van der Waals surface area contributed by atoms with Gasteiger partial charge in [-0.3, -0.25) is 13.7 Å². The van der Waals surface area contributed by atoms with Crippen LogP contribution < -0.4 is 10.1 Å². The Morgan fingerprint density at radius 1 is 0.829 bits per heavy atom. The summed E-state index contributed by atoms with van der Waals surface area (Å²) >= 11 is 0. The van der Waals surface area contributed by atoms with Gasteiger partial charge in [0.25, 0.3) is 20.2 Å². The van der Waals surface area contributed by atoms with Gasteiger partial charge >= 0.3 is 10.4 Å². The molecule has 0 spiro atoms. The number of ether oxygens (including phenoxy) is 1. The van der Waals surface area contributed by atoms with Gasteiger partial charge in [0, 0.05) is 18.1 Å². The molecule has 0 saturated carbocycles. The summed E-state index contributed by atoms with van der Waals surface area (Å²) in [6.07, 6.45) is 0. The van der Waals surface area contributed by atoms with E-state index in [0.717, 1.165) is 31.4 Å². The van der Waals surface area contributed by atoms with E-state index in [1.807, 2.05) is 0 Å². The van der Waals surface area contributed by atoms with Crippen LogP contribution in [0, 0.1) is 0 Å². The number of nitrogens with one attached hydrogen (secondary N) is 1. The Labute approximate surface area is 233 Å². The van der Waals surface area contributed by atoms with Crippen molar-refractivity contribution in [3.8, 4) is 11.5 Å². The second-order valence-corrected chi connectivity index (χ2v) is 13.9. The molecule has 3 aromatic carbocycles. The quantitative estimate of drug-likeness (QED) is 0.146. The third-order valence-electron chi connectivity index (χ3n) is 5.33. The number of hydrogen-bond acceptors (Lipinski definition) is 14. The van der Waals surface area contributed by atoms with Gasteiger partial charge in [-0.1, -0.05) is 0 Å². The van der Waals surface area contributed by atoms with Crippen LogP contribution >= 0.6 is 0 Å². The van der Waals surface area contributed by atoms with Gasteiger partial charge in [-0.15, -0.1) is 5.11 Å². The second-order valence-electron chi connectivity index (χ2n) is 7.91. The number of rotatable bonds is 11. The van der Waals surface area contributed by atoms with Gasteiger partial charge in [-0.25, -0.2) is 12.6 Å². The molecule has 0 bridgehead atoms. The molecule has 0 atom stereocenters. The van der Waals surface area contributed by atoms with E-state index >= 15 is 0 Å². The molecule has 0 aliphatic carbocycles. The van der Waals surface area contributed by atoms with Crippen molar-refractivity contribution in [2.45, 2.75) is 14.7 Å². The van der Waals surface area contributed by atoms with Gasteiger partial charge in [0.1, 0.15) is 26.1 Å². The summed E-state index contributed by atoms with van der Waals surface area (Å²) in [5.74, 6) is -2.11. The van der Waals surface area contributed by atoms with Gasteiger partial charge in [-0.05, 0) is 36.4 Å². The summed E-state index contributed by atoms with van der Waals surface area (Å²) in [5.41, 5.74) is -1.07. The minimum atomic E-state index is -5.21. The second kappa shape index (κ2) is 11.4. The first-order valence-electron chi connectivity index (χ1n) is 10.7. The van der Waals surface area contributed by atoms with E-state index in [2.05, 4.69) is 19.7 Å². The lowest BCUT2D eigenvalue weighted by atomic mass is 10.1. The molecular formula is C20H21N3O14S4. The largest absolute Gasteiger partial charge is 0.505 e. The van der Waals surface area contributed by atoms with Crippen LogP contribution in [0.25, 0.3) is 10.8 Å². The maximum absolute atomic E-state index is 12.8. The molecule has 0 fully saturated rings. The highest BCUT2D eigenvalue weighted by Crippen LogP contribution is 2.46. The first-order valence-corrected chi connectivity index (χ1v) is 16.6. The summed E-state index contributed by atoms with van der Waals surface area (Å²) in [6, 6.07) is 5.94. The van der Waals surface area contributed by atoms with Crippen LogP contribution in [-0.4, -0.2) is 79.0 Å². The maximum Gasteiger partial charge on any atom is 0.397 e. The third-order valence-corrected chi connectivity index (χ3v) is 9.27. The van der Waals surface area contributed by atoms with Crippen molar-refractivity contribution in [3.63, 3.8) is 0 Å². The van der Waals surface area contributed by atoms with E-state index in [4.69, 9.17) is 9.29 Å². The average Bonchev–Trinajstić information content (AvgIpc) is 2.85. The van der Waals surface area contributed by atoms with Crippen molar-refractivity contribution in [1.82, 2.24) is 0 Å². The average molecular weight is 656 g/mol. The standard InChI is InChI=1S/C20H21N3O14S4/c1-21-13-4-6-15(39(27,28)29)12-10-17(40(30,31)32)19(20(24)18(12)13)23-22-11-3-5-14(36-2)16(9-11)38(25,26)8-7-37-41(33,34)35/h3-6,9-10,21,24H,7-8H2,1-2H3,(H,27,28,29)(H,30,31,32)(H,33,34,35). The van der Waals surface area contributed by atoms with Crippen LogP contribution in [-0.2, 0) is 44.7 Å². The van der Waals surface area contributed by atoms with E-state index in [1.165, 1.54) is 13.1 Å². The Hall–Kier alpha value is -3.44. The lowest BCUT2D eigenvalue weighted by Crippen LogP contribution is -2.16. The van der Waals surface area contributed by atoms with Crippen molar-refractivity contribution in [2.75, 3.05) is 31.8 Å². The molecule has 21 heteroatoms. The van der Waals surface area contributed by atoms with Gasteiger partial charge in [0.15, 0.2) is 15.6 Å². The first-order chi connectivity index (χ1) is 18.8. The van der Waals surface area contributed by atoms with E-state index in [1.54, 1.807) is 0 Å².